The fraction of sp³-hybridized carbons (Fsp3) is 0.300. The van der Waals surface area contributed by atoms with E-state index in [1.165, 1.54) is 24.1 Å². The van der Waals surface area contributed by atoms with Crippen molar-refractivity contribution in [3.63, 3.8) is 0 Å². The predicted octanol–water partition coefficient (Wildman–Crippen LogP) is 3.30. The van der Waals surface area contributed by atoms with Gasteiger partial charge in [-0.25, -0.2) is 14.0 Å². The van der Waals surface area contributed by atoms with E-state index in [1.54, 1.807) is 29.2 Å². The molecule has 3 rings (SSSR count). The lowest BCUT2D eigenvalue weighted by Gasteiger charge is -2.33. The molecule has 0 atom stereocenters. The van der Waals surface area contributed by atoms with Crippen molar-refractivity contribution in [2.24, 2.45) is 0 Å². The number of ether oxygens (including phenoxy) is 1. The lowest BCUT2D eigenvalue weighted by Crippen LogP contribution is -2.51. The summed E-state index contributed by atoms with van der Waals surface area (Å²) < 4.78 is 19.2. The zero-order valence-electron chi connectivity index (χ0n) is 15.5. The highest BCUT2D eigenvalue weighted by Crippen LogP contribution is 2.24. The van der Waals surface area contributed by atoms with E-state index in [-0.39, 0.29) is 23.7 Å². The molecule has 1 N–H and O–H groups in total. The maximum absolute atomic E-state index is 14.6. The molecule has 148 valence electrons. The number of rotatable bonds is 4. The van der Waals surface area contributed by atoms with Crippen LogP contribution in [-0.2, 0) is 11.3 Å². The second-order valence-electron chi connectivity index (χ2n) is 6.38. The van der Waals surface area contributed by atoms with E-state index in [1.807, 2.05) is 0 Å². The Morgan fingerprint density at radius 1 is 1.21 bits per heavy atom. The van der Waals surface area contributed by atoms with Gasteiger partial charge in [-0.15, -0.1) is 0 Å². The number of hydrogen-bond acceptors (Lipinski definition) is 4. The van der Waals surface area contributed by atoms with E-state index in [0.717, 1.165) is 6.07 Å². The average Bonchev–Trinajstić information content (AvgIpc) is 2.72. The van der Waals surface area contributed by atoms with Gasteiger partial charge in [0.2, 0.25) is 0 Å². The molecule has 28 heavy (non-hydrogen) atoms. The fourth-order valence-corrected chi connectivity index (χ4v) is 3.22. The van der Waals surface area contributed by atoms with Crippen molar-refractivity contribution >= 4 is 29.3 Å². The standard InChI is InChI=1S/C20H21ClFN3O3/c1-28-19(26)14-5-6-15(18(22)11-14)13-25(17-4-2-3-16(21)12-17)20(27)24-9-7-23-8-10-24/h2-6,11-12,23H,7-10,13H2,1H3. The highest BCUT2D eigenvalue weighted by atomic mass is 35.5. The van der Waals surface area contributed by atoms with Gasteiger partial charge in [-0.05, 0) is 30.3 Å². The number of esters is 1. The Bertz CT molecular complexity index is 872. The summed E-state index contributed by atoms with van der Waals surface area (Å²) in [5, 5.41) is 3.68. The van der Waals surface area contributed by atoms with Gasteiger partial charge in [0.25, 0.3) is 0 Å². The van der Waals surface area contributed by atoms with Crippen LogP contribution in [-0.4, -0.2) is 50.2 Å². The largest absolute Gasteiger partial charge is 0.465 e. The summed E-state index contributed by atoms with van der Waals surface area (Å²) in [6.45, 7) is 2.56. The minimum absolute atomic E-state index is 0.0103. The molecule has 1 aliphatic heterocycles. The molecule has 6 nitrogen and oxygen atoms in total. The van der Waals surface area contributed by atoms with Crippen molar-refractivity contribution < 1.29 is 18.7 Å². The summed E-state index contributed by atoms with van der Waals surface area (Å²) in [6, 6.07) is 10.7. The third-order valence-corrected chi connectivity index (χ3v) is 4.78. The molecule has 0 unspecified atom stereocenters. The molecular weight excluding hydrogens is 385 g/mol. The van der Waals surface area contributed by atoms with Crippen LogP contribution in [0.15, 0.2) is 42.5 Å². The van der Waals surface area contributed by atoms with Crippen LogP contribution in [0.1, 0.15) is 15.9 Å². The third-order valence-electron chi connectivity index (χ3n) is 4.54. The first-order valence-corrected chi connectivity index (χ1v) is 9.27. The molecule has 1 aliphatic rings. The lowest BCUT2D eigenvalue weighted by molar-refractivity contribution is 0.0600. The first-order chi connectivity index (χ1) is 13.5. The summed E-state index contributed by atoms with van der Waals surface area (Å²) >= 11 is 6.10. The lowest BCUT2D eigenvalue weighted by atomic mass is 10.1. The van der Waals surface area contributed by atoms with Crippen LogP contribution in [0.5, 0.6) is 0 Å². The number of nitrogens with one attached hydrogen (secondary N) is 1. The number of piperazine rings is 1. The van der Waals surface area contributed by atoms with Crippen LogP contribution in [0.2, 0.25) is 5.02 Å². The Kier molecular flexibility index (Phi) is 6.49. The van der Waals surface area contributed by atoms with Crippen LogP contribution in [0.4, 0.5) is 14.9 Å². The molecule has 0 spiro atoms. The number of benzene rings is 2. The van der Waals surface area contributed by atoms with E-state index in [9.17, 15) is 14.0 Å². The van der Waals surface area contributed by atoms with E-state index in [4.69, 9.17) is 11.6 Å². The van der Waals surface area contributed by atoms with Crippen molar-refractivity contribution in [2.75, 3.05) is 38.2 Å². The minimum Gasteiger partial charge on any atom is -0.465 e. The van der Waals surface area contributed by atoms with Gasteiger partial charge in [-0.1, -0.05) is 23.7 Å². The smallest absolute Gasteiger partial charge is 0.337 e. The van der Waals surface area contributed by atoms with Gasteiger partial charge < -0.3 is 15.0 Å². The first kappa shape index (κ1) is 20.1. The van der Waals surface area contributed by atoms with E-state index in [2.05, 4.69) is 10.1 Å². The summed E-state index contributed by atoms with van der Waals surface area (Å²) in [6.07, 6.45) is 0. The van der Waals surface area contributed by atoms with Crippen LogP contribution < -0.4 is 10.2 Å². The number of carbonyl (C=O) groups is 2. The van der Waals surface area contributed by atoms with Gasteiger partial charge in [0.15, 0.2) is 0 Å². The van der Waals surface area contributed by atoms with Gasteiger partial charge in [0.1, 0.15) is 5.82 Å². The van der Waals surface area contributed by atoms with Gasteiger partial charge in [-0.2, -0.15) is 0 Å². The molecule has 0 radical (unpaired) electrons. The van der Waals surface area contributed by atoms with Crippen molar-refractivity contribution in [1.82, 2.24) is 10.2 Å². The van der Waals surface area contributed by atoms with E-state index in [0.29, 0.717) is 36.9 Å². The highest BCUT2D eigenvalue weighted by Gasteiger charge is 2.25. The predicted molar refractivity (Wildman–Crippen MR) is 105 cm³/mol. The van der Waals surface area contributed by atoms with Crippen molar-refractivity contribution in [1.29, 1.82) is 0 Å². The van der Waals surface area contributed by atoms with Gasteiger partial charge in [0.05, 0.1) is 19.2 Å². The average molecular weight is 406 g/mol. The van der Waals surface area contributed by atoms with Crippen LogP contribution in [0.25, 0.3) is 0 Å². The molecule has 0 bridgehead atoms. The van der Waals surface area contributed by atoms with Crippen molar-refractivity contribution in [3.8, 4) is 0 Å². The molecule has 0 aliphatic carbocycles. The number of halogens is 2. The second-order valence-corrected chi connectivity index (χ2v) is 6.82. The molecule has 2 aromatic carbocycles. The Morgan fingerprint density at radius 2 is 1.96 bits per heavy atom. The summed E-state index contributed by atoms with van der Waals surface area (Å²) in [5.74, 6) is -1.20. The molecule has 1 saturated heterocycles. The second kappa shape index (κ2) is 9.03. The first-order valence-electron chi connectivity index (χ1n) is 8.89. The summed E-state index contributed by atoms with van der Waals surface area (Å²) in [7, 11) is 1.24. The number of hydrogen-bond donors (Lipinski definition) is 1. The quantitative estimate of drug-likeness (QED) is 0.793. The maximum Gasteiger partial charge on any atom is 0.337 e. The number of carbonyl (C=O) groups excluding carboxylic acids is 2. The molecule has 2 aromatic rings. The molecule has 2 amide bonds. The Balaban J connectivity index is 1.91. The normalized spacial score (nSPS) is 13.9. The van der Waals surface area contributed by atoms with E-state index >= 15 is 0 Å². The van der Waals surface area contributed by atoms with Crippen LogP contribution >= 0.6 is 11.6 Å². The number of urea groups is 1. The molecule has 8 heteroatoms. The van der Waals surface area contributed by atoms with Crippen molar-refractivity contribution in [2.45, 2.75) is 6.54 Å². The van der Waals surface area contributed by atoms with Crippen LogP contribution in [0, 0.1) is 5.82 Å². The molecule has 0 saturated carbocycles. The van der Waals surface area contributed by atoms with Gasteiger partial charge >= 0.3 is 12.0 Å². The Labute approximate surface area is 167 Å². The molecule has 1 fully saturated rings. The van der Waals surface area contributed by atoms with Gasteiger partial charge in [-0.3, -0.25) is 4.90 Å². The molecule has 0 aromatic heterocycles. The zero-order valence-corrected chi connectivity index (χ0v) is 16.2. The zero-order chi connectivity index (χ0) is 20.1. The monoisotopic (exact) mass is 405 g/mol. The number of methoxy groups -OCH3 is 1. The highest BCUT2D eigenvalue weighted by molar-refractivity contribution is 6.30. The fourth-order valence-electron chi connectivity index (χ4n) is 3.03. The maximum atomic E-state index is 14.6. The Hall–Kier alpha value is -2.64. The van der Waals surface area contributed by atoms with E-state index < -0.39 is 11.8 Å². The molecule has 1 heterocycles. The van der Waals surface area contributed by atoms with Gasteiger partial charge in [0, 0.05) is 42.5 Å². The SMILES string of the molecule is COC(=O)c1ccc(CN(C(=O)N2CCNCC2)c2cccc(Cl)c2)c(F)c1. The topological polar surface area (TPSA) is 61.9 Å². The molecular formula is C20H21ClFN3O3. The van der Waals surface area contributed by atoms with Crippen molar-refractivity contribution in [3.05, 3.63) is 64.4 Å². The summed E-state index contributed by atoms with van der Waals surface area (Å²) in [4.78, 5) is 27.9. The number of amides is 2. The minimum atomic E-state index is -0.617. The van der Waals surface area contributed by atoms with Crippen LogP contribution in [0.3, 0.4) is 0 Å². The number of anilines is 1. The third kappa shape index (κ3) is 4.61. The summed E-state index contributed by atoms with van der Waals surface area (Å²) in [5.41, 5.74) is 0.982. The Morgan fingerprint density at radius 3 is 2.61 bits per heavy atom. The number of nitrogens with zero attached hydrogens (tertiary/aromatic N) is 2.